The minimum Gasteiger partial charge on any atom is -0.314 e. The first kappa shape index (κ1) is 11.4. The lowest BCUT2D eigenvalue weighted by Crippen LogP contribution is -2.51. The molecule has 2 rings (SSSR count). The molecule has 0 aromatic rings. The van der Waals surface area contributed by atoms with Crippen molar-refractivity contribution in [2.24, 2.45) is 5.92 Å². The third-order valence-electron chi connectivity index (χ3n) is 3.95. The molecule has 2 unspecified atom stereocenters. The van der Waals surface area contributed by atoms with Gasteiger partial charge in [-0.05, 0) is 32.4 Å². The standard InChI is InChI=1S/C12H25N3/c1-3-14-6-4-12(9-14)10-15-7-5-13-8-11(15)2/h11-13H,3-10H2,1-2H3. The van der Waals surface area contributed by atoms with Crippen molar-refractivity contribution in [2.45, 2.75) is 26.3 Å². The van der Waals surface area contributed by atoms with E-state index in [0.717, 1.165) is 12.0 Å². The van der Waals surface area contributed by atoms with Crippen LogP contribution >= 0.6 is 0 Å². The zero-order valence-electron chi connectivity index (χ0n) is 10.2. The van der Waals surface area contributed by atoms with Crippen molar-refractivity contribution in [3.63, 3.8) is 0 Å². The van der Waals surface area contributed by atoms with Crippen molar-refractivity contribution >= 4 is 0 Å². The fraction of sp³-hybridized carbons (Fsp3) is 1.00. The zero-order chi connectivity index (χ0) is 10.7. The van der Waals surface area contributed by atoms with E-state index in [1.165, 1.54) is 52.2 Å². The van der Waals surface area contributed by atoms with Crippen molar-refractivity contribution < 1.29 is 0 Å². The Morgan fingerprint density at radius 1 is 1.33 bits per heavy atom. The van der Waals surface area contributed by atoms with E-state index in [1.807, 2.05) is 0 Å². The smallest absolute Gasteiger partial charge is 0.0193 e. The van der Waals surface area contributed by atoms with Gasteiger partial charge in [0.25, 0.3) is 0 Å². The van der Waals surface area contributed by atoms with E-state index >= 15 is 0 Å². The first-order valence-electron chi connectivity index (χ1n) is 6.46. The molecular weight excluding hydrogens is 186 g/mol. The molecule has 3 nitrogen and oxygen atoms in total. The molecule has 0 spiro atoms. The van der Waals surface area contributed by atoms with Crippen molar-refractivity contribution in [1.29, 1.82) is 0 Å². The summed E-state index contributed by atoms with van der Waals surface area (Å²) in [5.41, 5.74) is 0. The minimum absolute atomic E-state index is 0.731. The van der Waals surface area contributed by atoms with Crippen LogP contribution in [-0.4, -0.2) is 61.7 Å². The van der Waals surface area contributed by atoms with Crippen LogP contribution in [0.2, 0.25) is 0 Å². The molecule has 2 atom stereocenters. The van der Waals surface area contributed by atoms with Gasteiger partial charge in [0.2, 0.25) is 0 Å². The van der Waals surface area contributed by atoms with Crippen LogP contribution in [0.3, 0.4) is 0 Å². The van der Waals surface area contributed by atoms with Gasteiger partial charge >= 0.3 is 0 Å². The molecule has 0 amide bonds. The summed E-state index contributed by atoms with van der Waals surface area (Å²) in [7, 11) is 0. The number of likely N-dealkylation sites (tertiary alicyclic amines) is 1. The molecule has 2 heterocycles. The van der Waals surface area contributed by atoms with Gasteiger partial charge in [0.15, 0.2) is 0 Å². The van der Waals surface area contributed by atoms with Crippen LogP contribution in [0.25, 0.3) is 0 Å². The predicted molar refractivity (Wildman–Crippen MR) is 64.1 cm³/mol. The van der Waals surface area contributed by atoms with E-state index in [9.17, 15) is 0 Å². The first-order valence-corrected chi connectivity index (χ1v) is 6.46. The highest BCUT2D eigenvalue weighted by molar-refractivity contribution is 4.82. The second kappa shape index (κ2) is 5.28. The van der Waals surface area contributed by atoms with Crippen LogP contribution in [-0.2, 0) is 0 Å². The van der Waals surface area contributed by atoms with Crippen molar-refractivity contribution in [3.8, 4) is 0 Å². The highest BCUT2D eigenvalue weighted by Crippen LogP contribution is 2.18. The summed E-state index contributed by atoms with van der Waals surface area (Å²) in [5, 5.41) is 3.46. The topological polar surface area (TPSA) is 18.5 Å². The Balaban J connectivity index is 1.76. The molecule has 0 aromatic heterocycles. The Hall–Kier alpha value is -0.120. The number of nitrogens with zero attached hydrogens (tertiary/aromatic N) is 2. The average molecular weight is 211 g/mol. The Labute approximate surface area is 93.8 Å². The van der Waals surface area contributed by atoms with E-state index in [0.29, 0.717) is 0 Å². The maximum atomic E-state index is 3.46. The second-order valence-electron chi connectivity index (χ2n) is 5.10. The fourth-order valence-corrected chi connectivity index (χ4v) is 2.84. The van der Waals surface area contributed by atoms with Gasteiger partial charge < -0.3 is 10.2 Å². The highest BCUT2D eigenvalue weighted by Gasteiger charge is 2.26. The molecule has 0 saturated carbocycles. The molecule has 1 N–H and O–H groups in total. The van der Waals surface area contributed by atoms with Gasteiger partial charge in [-0.3, -0.25) is 4.90 Å². The summed E-state index contributed by atoms with van der Waals surface area (Å²) in [6, 6.07) is 0.731. The maximum absolute atomic E-state index is 3.46. The lowest BCUT2D eigenvalue weighted by Gasteiger charge is -2.35. The Morgan fingerprint density at radius 2 is 2.20 bits per heavy atom. The van der Waals surface area contributed by atoms with Gasteiger partial charge in [-0.2, -0.15) is 0 Å². The summed E-state index contributed by atoms with van der Waals surface area (Å²) in [6.45, 7) is 13.4. The second-order valence-corrected chi connectivity index (χ2v) is 5.10. The molecule has 0 aliphatic carbocycles. The molecule has 2 aliphatic rings. The molecule has 0 radical (unpaired) electrons. The lowest BCUT2D eigenvalue weighted by atomic mass is 10.1. The van der Waals surface area contributed by atoms with E-state index in [1.54, 1.807) is 0 Å². The Bertz CT molecular complexity index is 195. The number of hydrogen-bond acceptors (Lipinski definition) is 3. The average Bonchev–Trinajstić information content (AvgIpc) is 2.69. The van der Waals surface area contributed by atoms with Gasteiger partial charge in [0.05, 0.1) is 0 Å². The van der Waals surface area contributed by atoms with Crippen LogP contribution in [0.5, 0.6) is 0 Å². The third kappa shape index (κ3) is 2.92. The fourth-order valence-electron chi connectivity index (χ4n) is 2.84. The third-order valence-corrected chi connectivity index (χ3v) is 3.95. The Kier molecular flexibility index (Phi) is 4.00. The molecule has 88 valence electrons. The molecule has 2 saturated heterocycles. The molecule has 0 aromatic carbocycles. The predicted octanol–water partition coefficient (Wildman–Crippen LogP) is 0.622. The van der Waals surface area contributed by atoms with Gasteiger partial charge in [-0.15, -0.1) is 0 Å². The van der Waals surface area contributed by atoms with Crippen LogP contribution in [0.15, 0.2) is 0 Å². The van der Waals surface area contributed by atoms with Gasteiger partial charge in [-0.1, -0.05) is 6.92 Å². The van der Waals surface area contributed by atoms with Crippen LogP contribution in [0.1, 0.15) is 20.3 Å². The Morgan fingerprint density at radius 3 is 2.87 bits per heavy atom. The van der Waals surface area contributed by atoms with Crippen LogP contribution in [0.4, 0.5) is 0 Å². The zero-order valence-corrected chi connectivity index (χ0v) is 10.2. The maximum Gasteiger partial charge on any atom is 0.0193 e. The molecule has 15 heavy (non-hydrogen) atoms. The SMILES string of the molecule is CCN1CCC(CN2CCNCC2C)C1. The number of piperazine rings is 1. The van der Waals surface area contributed by atoms with Gasteiger partial charge in [-0.25, -0.2) is 0 Å². The van der Waals surface area contributed by atoms with E-state index in [-0.39, 0.29) is 0 Å². The van der Waals surface area contributed by atoms with Crippen molar-refractivity contribution in [1.82, 2.24) is 15.1 Å². The van der Waals surface area contributed by atoms with Crippen LogP contribution < -0.4 is 5.32 Å². The number of rotatable bonds is 3. The van der Waals surface area contributed by atoms with Gasteiger partial charge in [0.1, 0.15) is 0 Å². The summed E-state index contributed by atoms with van der Waals surface area (Å²) >= 11 is 0. The molecule has 0 bridgehead atoms. The number of hydrogen-bond donors (Lipinski definition) is 1. The van der Waals surface area contributed by atoms with E-state index in [2.05, 4.69) is 29.0 Å². The van der Waals surface area contributed by atoms with Crippen molar-refractivity contribution in [3.05, 3.63) is 0 Å². The monoisotopic (exact) mass is 211 g/mol. The summed E-state index contributed by atoms with van der Waals surface area (Å²) in [5.74, 6) is 0.922. The quantitative estimate of drug-likeness (QED) is 0.738. The molecular formula is C12H25N3. The normalized spacial score (nSPS) is 34.8. The van der Waals surface area contributed by atoms with E-state index in [4.69, 9.17) is 0 Å². The summed E-state index contributed by atoms with van der Waals surface area (Å²) < 4.78 is 0. The number of nitrogens with one attached hydrogen (secondary N) is 1. The highest BCUT2D eigenvalue weighted by atomic mass is 15.2. The van der Waals surface area contributed by atoms with E-state index < -0.39 is 0 Å². The molecule has 3 heteroatoms. The molecule has 2 aliphatic heterocycles. The summed E-state index contributed by atoms with van der Waals surface area (Å²) in [6.07, 6.45) is 1.41. The van der Waals surface area contributed by atoms with Gasteiger partial charge in [0, 0.05) is 38.8 Å². The largest absolute Gasteiger partial charge is 0.314 e. The van der Waals surface area contributed by atoms with Crippen molar-refractivity contribution in [2.75, 3.05) is 45.8 Å². The minimum atomic E-state index is 0.731. The lowest BCUT2D eigenvalue weighted by molar-refractivity contribution is 0.148. The summed E-state index contributed by atoms with van der Waals surface area (Å²) in [4.78, 5) is 5.25. The van der Waals surface area contributed by atoms with Crippen LogP contribution in [0, 0.1) is 5.92 Å². The molecule has 2 fully saturated rings. The first-order chi connectivity index (χ1) is 7.29.